The molecule has 0 saturated heterocycles. The SMILES string of the molecule is NC1CCCCC1NC(=O)c1ccc2c(c1)NC(=O)CC(c1ccc(F)cc1)N2C(=O)c1cc(F)cc(F)c1. The maximum Gasteiger partial charge on any atom is 0.259 e. The second-order valence-electron chi connectivity index (χ2n) is 9.91. The summed E-state index contributed by atoms with van der Waals surface area (Å²) in [7, 11) is 0. The van der Waals surface area contributed by atoms with E-state index in [4.69, 9.17) is 5.73 Å². The normalized spacial score (nSPS) is 21.0. The van der Waals surface area contributed by atoms with E-state index in [1.807, 2.05) is 0 Å². The maximum absolute atomic E-state index is 14.0. The number of anilines is 2. The number of nitrogens with two attached hydrogens (primary N) is 1. The molecule has 202 valence electrons. The van der Waals surface area contributed by atoms with Gasteiger partial charge in [-0.3, -0.25) is 19.3 Å². The van der Waals surface area contributed by atoms with Gasteiger partial charge in [0.25, 0.3) is 11.8 Å². The monoisotopic (exact) mass is 536 g/mol. The number of amides is 3. The summed E-state index contributed by atoms with van der Waals surface area (Å²) in [5.74, 6) is -3.98. The van der Waals surface area contributed by atoms with Crippen LogP contribution in [0.5, 0.6) is 0 Å². The van der Waals surface area contributed by atoms with Crippen LogP contribution in [0.25, 0.3) is 0 Å². The van der Waals surface area contributed by atoms with Crippen molar-refractivity contribution in [3.05, 3.63) is 94.8 Å². The Hall–Kier alpha value is -4.18. The lowest BCUT2D eigenvalue weighted by atomic mass is 9.91. The summed E-state index contributed by atoms with van der Waals surface area (Å²) >= 11 is 0. The van der Waals surface area contributed by atoms with Gasteiger partial charge in [-0.1, -0.05) is 25.0 Å². The molecule has 3 unspecified atom stereocenters. The van der Waals surface area contributed by atoms with E-state index in [9.17, 15) is 27.6 Å². The zero-order chi connectivity index (χ0) is 27.7. The molecule has 1 saturated carbocycles. The van der Waals surface area contributed by atoms with Gasteiger partial charge in [-0.25, -0.2) is 13.2 Å². The van der Waals surface area contributed by atoms with Gasteiger partial charge in [0.05, 0.1) is 23.8 Å². The molecule has 0 bridgehead atoms. The van der Waals surface area contributed by atoms with Gasteiger partial charge < -0.3 is 16.4 Å². The van der Waals surface area contributed by atoms with Crippen LogP contribution in [0.15, 0.2) is 60.7 Å². The van der Waals surface area contributed by atoms with Gasteiger partial charge in [-0.15, -0.1) is 0 Å². The topological polar surface area (TPSA) is 105 Å². The van der Waals surface area contributed by atoms with Crippen molar-refractivity contribution in [2.45, 2.75) is 50.2 Å². The fourth-order valence-electron chi connectivity index (χ4n) is 5.23. The Morgan fingerprint density at radius 3 is 2.26 bits per heavy atom. The first kappa shape index (κ1) is 26.4. The van der Waals surface area contributed by atoms with Gasteiger partial charge in [0.15, 0.2) is 0 Å². The predicted molar refractivity (Wildman–Crippen MR) is 140 cm³/mol. The molecule has 0 aromatic heterocycles. The first-order valence-corrected chi connectivity index (χ1v) is 12.7. The molecule has 5 rings (SSSR count). The van der Waals surface area contributed by atoms with Crippen LogP contribution in [0.1, 0.15) is 64.4 Å². The highest BCUT2D eigenvalue weighted by Gasteiger charge is 2.35. The number of hydrogen-bond acceptors (Lipinski definition) is 4. The largest absolute Gasteiger partial charge is 0.348 e. The Labute approximate surface area is 223 Å². The summed E-state index contributed by atoms with van der Waals surface area (Å²) in [5.41, 5.74) is 6.98. The van der Waals surface area contributed by atoms with Gasteiger partial charge in [0, 0.05) is 29.3 Å². The van der Waals surface area contributed by atoms with Crippen molar-refractivity contribution in [2.24, 2.45) is 5.73 Å². The van der Waals surface area contributed by atoms with Crippen molar-refractivity contribution in [3.63, 3.8) is 0 Å². The van der Waals surface area contributed by atoms with E-state index in [-0.39, 0.29) is 46.9 Å². The molecule has 1 aliphatic heterocycles. The van der Waals surface area contributed by atoms with E-state index in [0.717, 1.165) is 37.8 Å². The Balaban J connectivity index is 1.56. The molecule has 3 atom stereocenters. The molecule has 3 aromatic carbocycles. The van der Waals surface area contributed by atoms with Crippen LogP contribution in [0, 0.1) is 17.5 Å². The second-order valence-corrected chi connectivity index (χ2v) is 9.91. The summed E-state index contributed by atoms with van der Waals surface area (Å²) in [5, 5.41) is 5.70. The first-order chi connectivity index (χ1) is 18.7. The average molecular weight is 537 g/mol. The number of nitrogens with zero attached hydrogens (tertiary/aromatic N) is 1. The third kappa shape index (κ3) is 5.65. The van der Waals surface area contributed by atoms with Crippen molar-refractivity contribution in [3.8, 4) is 0 Å². The number of fused-ring (bicyclic) bond motifs is 1. The van der Waals surface area contributed by atoms with Crippen LogP contribution in [-0.4, -0.2) is 29.8 Å². The lowest BCUT2D eigenvalue weighted by Crippen LogP contribution is -2.49. The molecule has 2 aliphatic rings. The molecule has 1 aliphatic carbocycles. The van der Waals surface area contributed by atoms with Gasteiger partial charge in [-0.05, 0) is 60.9 Å². The number of hydrogen-bond donors (Lipinski definition) is 3. The zero-order valence-corrected chi connectivity index (χ0v) is 20.9. The Morgan fingerprint density at radius 1 is 0.872 bits per heavy atom. The average Bonchev–Trinajstić information content (AvgIpc) is 3.04. The summed E-state index contributed by atoms with van der Waals surface area (Å²) in [6, 6.07) is 11.0. The van der Waals surface area contributed by atoms with Crippen molar-refractivity contribution >= 4 is 29.1 Å². The highest BCUT2D eigenvalue weighted by atomic mass is 19.1. The van der Waals surface area contributed by atoms with Gasteiger partial charge in [-0.2, -0.15) is 0 Å². The van der Waals surface area contributed by atoms with Crippen molar-refractivity contribution in [2.75, 3.05) is 10.2 Å². The first-order valence-electron chi connectivity index (χ1n) is 12.7. The van der Waals surface area contributed by atoms with Crippen LogP contribution in [-0.2, 0) is 4.79 Å². The zero-order valence-electron chi connectivity index (χ0n) is 20.9. The number of carbonyl (C=O) groups is 3. The van der Waals surface area contributed by atoms with E-state index < -0.39 is 35.3 Å². The van der Waals surface area contributed by atoms with Gasteiger partial charge in [0.1, 0.15) is 17.5 Å². The lowest BCUT2D eigenvalue weighted by molar-refractivity contribution is -0.116. The van der Waals surface area contributed by atoms with E-state index in [0.29, 0.717) is 11.6 Å². The highest BCUT2D eigenvalue weighted by molar-refractivity contribution is 6.12. The summed E-state index contributed by atoms with van der Waals surface area (Å²) in [6.45, 7) is 0. The molecular weight excluding hydrogens is 509 g/mol. The predicted octanol–water partition coefficient (Wildman–Crippen LogP) is 4.83. The van der Waals surface area contributed by atoms with Crippen molar-refractivity contribution in [1.29, 1.82) is 0 Å². The minimum Gasteiger partial charge on any atom is -0.348 e. The molecule has 0 radical (unpaired) electrons. The molecule has 10 heteroatoms. The number of carbonyl (C=O) groups excluding carboxylic acids is 3. The van der Waals surface area contributed by atoms with Crippen LogP contribution in [0.3, 0.4) is 0 Å². The highest BCUT2D eigenvalue weighted by Crippen LogP contribution is 2.40. The number of rotatable bonds is 4. The molecular formula is C29H27F3N4O3. The fourth-order valence-corrected chi connectivity index (χ4v) is 5.23. The summed E-state index contributed by atoms with van der Waals surface area (Å²) in [6.07, 6.45) is 3.32. The van der Waals surface area contributed by atoms with E-state index in [2.05, 4.69) is 10.6 Å². The van der Waals surface area contributed by atoms with Crippen LogP contribution in [0.2, 0.25) is 0 Å². The summed E-state index contributed by atoms with van der Waals surface area (Å²) < 4.78 is 41.8. The maximum atomic E-state index is 14.0. The Bertz CT molecular complexity index is 1410. The van der Waals surface area contributed by atoms with E-state index >= 15 is 0 Å². The van der Waals surface area contributed by atoms with Crippen LogP contribution < -0.4 is 21.3 Å². The van der Waals surface area contributed by atoms with E-state index in [1.54, 1.807) is 0 Å². The van der Waals surface area contributed by atoms with Crippen molar-refractivity contribution < 1.29 is 27.6 Å². The van der Waals surface area contributed by atoms with Crippen molar-refractivity contribution in [1.82, 2.24) is 5.32 Å². The van der Waals surface area contributed by atoms with Gasteiger partial charge in [0.2, 0.25) is 5.91 Å². The Kier molecular flexibility index (Phi) is 7.38. The molecule has 1 fully saturated rings. The fraction of sp³-hybridized carbons (Fsp3) is 0.276. The van der Waals surface area contributed by atoms with Crippen LogP contribution in [0.4, 0.5) is 24.5 Å². The molecule has 3 aromatic rings. The minimum atomic E-state index is -0.936. The molecule has 4 N–H and O–H groups in total. The lowest BCUT2D eigenvalue weighted by Gasteiger charge is -2.31. The molecule has 1 heterocycles. The molecule has 0 spiro atoms. The molecule has 39 heavy (non-hydrogen) atoms. The number of benzene rings is 3. The summed E-state index contributed by atoms with van der Waals surface area (Å²) in [4.78, 5) is 41.1. The second kappa shape index (κ2) is 10.9. The molecule has 3 amide bonds. The smallest absolute Gasteiger partial charge is 0.259 e. The standard InChI is InChI=1S/C29H27F3N4O3/c30-19-8-5-16(6-9-19)26-15-27(37)34-24-13-17(28(38)35-23-4-2-1-3-22(23)33)7-10-25(24)36(26)29(39)18-11-20(31)14-21(32)12-18/h5-14,22-23,26H,1-4,15,33H2,(H,34,37)(H,35,38). The molecule has 7 nitrogen and oxygen atoms in total. The number of nitrogens with one attached hydrogen (secondary N) is 2. The van der Waals surface area contributed by atoms with Crippen LogP contribution >= 0.6 is 0 Å². The third-order valence-corrected chi connectivity index (χ3v) is 7.20. The number of halogens is 3. The Morgan fingerprint density at radius 2 is 1.56 bits per heavy atom. The quantitative estimate of drug-likeness (QED) is 0.444. The third-order valence-electron chi connectivity index (χ3n) is 7.20. The van der Waals surface area contributed by atoms with Gasteiger partial charge >= 0.3 is 0 Å². The minimum absolute atomic E-state index is 0.153. The van der Waals surface area contributed by atoms with E-state index in [1.165, 1.54) is 47.4 Å².